The second-order valence-corrected chi connectivity index (χ2v) is 5.99. The Kier molecular flexibility index (Phi) is 4.32. The van der Waals surface area contributed by atoms with E-state index in [2.05, 4.69) is 9.98 Å². The maximum Gasteiger partial charge on any atom is 0.307 e. The van der Waals surface area contributed by atoms with Crippen LogP contribution in [0.5, 0.6) is 23.1 Å². The number of rotatable bonds is 4. The first-order valence-electron chi connectivity index (χ1n) is 7.06. The second-order valence-electron chi connectivity index (χ2n) is 4.97. The quantitative estimate of drug-likeness (QED) is 0.752. The maximum atomic E-state index is 12.3. The lowest BCUT2D eigenvalue weighted by Crippen LogP contribution is -2.32. The van der Waals surface area contributed by atoms with Crippen LogP contribution in [0.3, 0.4) is 0 Å². The van der Waals surface area contributed by atoms with Crippen LogP contribution in [-0.4, -0.2) is 37.3 Å². The van der Waals surface area contributed by atoms with Gasteiger partial charge < -0.3 is 19.3 Å². The summed E-state index contributed by atoms with van der Waals surface area (Å²) in [6, 6.07) is 1.67. The fourth-order valence-corrected chi connectivity index (χ4v) is 3.14. The van der Waals surface area contributed by atoms with Gasteiger partial charge in [0.05, 0.1) is 26.2 Å². The topological polar surface area (TPSA) is 110 Å². The first-order chi connectivity index (χ1) is 12.0. The van der Waals surface area contributed by atoms with E-state index in [-0.39, 0.29) is 22.1 Å². The lowest BCUT2D eigenvalue weighted by Gasteiger charge is -2.14. The van der Waals surface area contributed by atoms with Crippen molar-refractivity contribution in [2.45, 2.75) is 0 Å². The van der Waals surface area contributed by atoms with Gasteiger partial charge in [0.2, 0.25) is 11.6 Å². The number of methoxy groups -OCH3 is 3. The number of aromatic hydroxyl groups is 1. The third-order valence-electron chi connectivity index (χ3n) is 3.55. The van der Waals surface area contributed by atoms with E-state index >= 15 is 0 Å². The molecule has 130 valence electrons. The molecule has 0 fully saturated rings. The highest BCUT2D eigenvalue weighted by atomic mass is 32.1. The molecule has 9 heteroatoms. The van der Waals surface area contributed by atoms with Crippen LogP contribution in [0.4, 0.5) is 0 Å². The minimum atomic E-state index is -0.529. The Morgan fingerprint density at radius 1 is 1.16 bits per heavy atom. The van der Waals surface area contributed by atoms with Crippen molar-refractivity contribution in [2.75, 3.05) is 21.3 Å². The fraction of sp³-hybridized carbons (Fsp3) is 0.188. The Morgan fingerprint density at radius 3 is 2.44 bits per heavy atom. The molecule has 3 rings (SSSR count). The number of benzene rings is 1. The molecule has 1 aliphatic rings. The average molecular weight is 362 g/mol. The zero-order chi connectivity index (χ0) is 18.1. The summed E-state index contributed by atoms with van der Waals surface area (Å²) in [5.41, 5.74) is 0.215. The van der Waals surface area contributed by atoms with E-state index < -0.39 is 10.8 Å². The van der Waals surface area contributed by atoms with Crippen molar-refractivity contribution >= 4 is 29.4 Å². The molecule has 1 aromatic heterocycles. The molecule has 1 aliphatic heterocycles. The van der Waals surface area contributed by atoms with Crippen LogP contribution in [0.2, 0.25) is 0 Å². The molecule has 1 amide bonds. The largest absolute Gasteiger partial charge is 0.493 e. The molecule has 1 aromatic carbocycles. The maximum absolute atomic E-state index is 12.3. The molecule has 0 spiro atoms. The van der Waals surface area contributed by atoms with Crippen LogP contribution in [-0.2, 0) is 4.79 Å². The predicted molar refractivity (Wildman–Crippen MR) is 90.9 cm³/mol. The summed E-state index contributed by atoms with van der Waals surface area (Å²) in [6.45, 7) is 0. The van der Waals surface area contributed by atoms with Gasteiger partial charge in [-0.3, -0.25) is 14.6 Å². The van der Waals surface area contributed by atoms with Crippen LogP contribution in [0.25, 0.3) is 12.2 Å². The summed E-state index contributed by atoms with van der Waals surface area (Å²) >= 11 is 0.792. The zero-order valence-electron chi connectivity index (χ0n) is 13.6. The van der Waals surface area contributed by atoms with Crippen LogP contribution in [0.15, 0.2) is 21.4 Å². The van der Waals surface area contributed by atoms with Crippen molar-refractivity contribution in [3.05, 3.63) is 36.8 Å². The minimum absolute atomic E-state index is 0.215. The van der Waals surface area contributed by atoms with Gasteiger partial charge in [-0.25, -0.2) is 4.99 Å². The Labute approximate surface area is 145 Å². The lowest BCUT2D eigenvalue weighted by molar-refractivity contribution is -0.114. The molecule has 0 atom stereocenters. The van der Waals surface area contributed by atoms with Crippen LogP contribution in [0.1, 0.15) is 4.88 Å². The number of hydrogen-bond donors (Lipinski definition) is 2. The summed E-state index contributed by atoms with van der Waals surface area (Å²) in [5.74, 6) is 0.224. The standard InChI is InChI=1S/C16H14N2O6S/c1-22-9-5-7-4-8(6-10-15(20)18-16(21)25-10)14(19)17-11(7)13(24-3)12(9)23-2/h4-6,20H,1-3H3,(H,18,21)/b8-6-. The van der Waals surface area contributed by atoms with E-state index in [9.17, 15) is 14.7 Å². The van der Waals surface area contributed by atoms with E-state index in [1.165, 1.54) is 27.4 Å². The molecule has 2 aromatic rings. The number of H-pyrrole nitrogens is 1. The SMILES string of the molecule is COc1cc2c(c(OC)c1OC)=NC(=O)/C(=C\c1sc(=O)[nH]c1O)C=2. The normalized spacial score (nSPS) is 14.5. The Bertz CT molecular complexity index is 1060. The molecule has 8 nitrogen and oxygen atoms in total. The Morgan fingerprint density at radius 2 is 1.88 bits per heavy atom. The number of thiazole rings is 1. The van der Waals surface area contributed by atoms with Crippen LogP contribution < -0.4 is 29.7 Å². The summed E-state index contributed by atoms with van der Waals surface area (Å²) < 4.78 is 15.9. The van der Waals surface area contributed by atoms with Gasteiger partial charge in [-0.15, -0.1) is 0 Å². The minimum Gasteiger partial charge on any atom is -0.493 e. The zero-order valence-corrected chi connectivity index (χ0v) is 14.4. The number of carbonyl (C=O) groups excluding carboxylic acids is 1. The number of hydrogen-bond acceptors (Lipinski definition) is 7. The van der Waals surface area contributed by atoms with Crippen molar-refractivity contribution in [3.8, 4) is 23.1 Å². The van der Waals surface area contributed by atoms with Crippen molar-refractivity contribution in [2.24, 2.45) is 4.99 Å². The monoisotopic (exact) mass is 362 g/mol. The van der Waals surface area contributed by atoms with E-state index in [0.717, 1.165) is 11.3 Å². The van der Waals surface area contributed by atoms with Gasteiger partial charge in [0.1, 0.15) is 5.36 Å². The summed E-state index contributed by atoms with van der Waals surface area (Å²) in [7, 11) is 4.39. The average Bonchev–Trinajstić information content (AvgIpc) is 2.91. The number of aromatic amines is 1. The number of nitrogens with one attached hydrogen (secondary N) is 1. The van der Waals surface area contributed by atoms with Gasteiger partial charge in [0.25, 0.3) is 5.91 Å². The molecular weight excluding hydrogens is 348 g/mol. The summed E-state index contributed by atoms with van der Waals surface area (Å²) in [5, 5.41) is 10.6. The van der Waals surface area contributed by atoms with Gasteiger partial charge in [0, 0.05) is 10.8 Å². The molecule has 25 heavy (non-hydrogen) atoms. The molecule has 0 saturated carbocycles. The van der Waals surface area contributed by atoms with E-state index in [0.29, 0.717) is 22.1 Å². The van der Waals surface area contributed by atoms with Gasteiger partial charge in [0.15, 0.2) is 11.5 Å². The van der Waals surface area contributed by atoms with E-state index in [4.69, 9.17) is 14.2 Å². The van der Waals surface area contributed by atoms with E-state index in [1.54, 1.807) is 12.1 Å². The fourth-order valence-electron chi connectivity index (χ4n) is 2.46. The molecule has 0 aliphatic carbocycles. The third-order valence-corrected chi connectivity index (χ3v) is 4.37. The van der Waals surface area contributed by atoms with Crippen molar-refractivity contribution < 1.29 is 24.1 Å². The highest BCUT2D eigenvalue weighted by Gasteiger charge is 2.20. The number of fused-ring (bicyclic) bond motifs is 1. The number of carbonyl (C=O) groups is 1. The van der Waals surface area contributed by atoms with Gasteiger partial charge >= 0.3 is 4.87 Å². The smallest absolute Gasteiger partial charge is 0.307 e. The Hall–Kier alpha value is -3.07. The lowest BCUT2D eigenvalue weighted by atomic mass is 10.1. The van der Waals surface area contributed by atoms with Gasteiger partial charge in [-0.1, -0.05) is 11.3 Å². The molecule has 2 heterocycles. The number of aromatic nitrogens is 1. The summed E-state index contributed by atoms with van der Waals surface area (Å²) in [4.78, 5) is 29.7. The molecule has 0 radical (unpaired) electrons. The third kappa shape index (κ3) is 2.89. The second kappa shape index (κ2) is 6.44. The highest BCUT2D eigenvalue weighted by Crippen LogP contribution is 2.33. The molecule has 2 N–H and O–H groups in total. The molecule has 0 unspecified atom stereocenters. The number of nitrogens with zero attached hydrogens (tertiary/aromatic N) is 1. The predicted octanol–water partition coefficient (Wildman–Crippen LogP) is 0.192. The van der Waals surface area contributed by atoms with Crippen molar-refractivity contribution in [1.82, 2.24) is 4.98 Å². The molecule has 0 bridgehead atoms. The van der Waals surface area contributed by atoms with Gasteiger partial charge in [-0.05, 0) is 18.2 Å². The molecular formula is C16H14N2O6S. The Balaban J connectivity index is 2.26. The summed E-state index contributed by atoms with van der Waals surface area (Å²) in [6.07, 6.45) is 2.98. The number of ether oxygens (including phenoxy) is 3. The first kappa shape index (κ1) is 16.8. The van der Waals surface area contributed by atoms with Gasteiger partial charge in [-0.2, -0.15) is 0 Å². The molecule has 0 saturated heterocycles. The number of amides is 1. The van der Waals surface area contributed by atoms with Crippen LogP contribution >= 0.6 is 11.3 Å². The van der Waals surface area contributed by atoms with E-state index in [1.807, 2.05) is 0 Å². The van der Waals surface area contributed by atoms with Crippen molar-refractivity contribution in [3.63, 3.8) is 0 Å². The van der Waals surface area contributed by atoms with Crippen molar-refractivity contribution in [1.29, 1.82) is 0 Å². The highest BCUT2D eigenvalue weighted by molar-refractivity contribution is 7.10. The van der Waals surface area contributed by atoms with Crippen LogP contribution in [0, 0.1) is 0 Å². The first-order valence-corrected chi connectivity index (χ1v) is 7.87.